The lowest BCUT2D eigenvalue weighted by Gasteiger charge is -2.05. The maximum Gasteiger partial charge on any atom is 0.166 e. The third-order valence-electron chi connectivity index (χ3n) is 2.24. The van der Waals surface area contributed by atoms with Gasteiger partial charge in [0, 0.05) is 11.9 Å². The highest BCUT2D eigenvalue weighted by molar-refractivity contribution is 5.86. The molecule has 0 amide bonds. The SMILES string of the molecule is NCc1cccc2ccc(F)c(F)c12. The fourth-order valence-electron chi connectivity index (χ4n) is 1.55. The van der Waals surface area contributed by atoms with Gasteiger partial charge in [0.1, 0.15) is 0 Å². The quantitative estimate of drug-likeness (QED) is 0.740. The molecule has 0 heterocycles. The van der Waals surface area contributed by atoms with Gasteiger partial charge in [0.15, 0.2) is 11.6 Å². The predicted molar refractivity (Wildman–Crippen MR) is 51.8 cm³/mol. The number of hydrogen-bond acceptors (Lipinski definition) is 1. The van der Waals surface area contributed by atoms with Crippen LogP contribution in [0, 0.1) is 11.6 Å². The second kappa shape index (κ2) is 3.35. The fraction of sp³-hybridized carbons (Fsp3) is 0.0909. The summed E-state index contributed by atoms with van der Waals surface area (Å²) in [6.45, 7) is 0.206. The smallest absolute Gasteiger partial charge is 0.166 e. The lowest BCUT2D eigenvalue weighted by Crippen LogP contribution is -1.99. The molecule has 0 saturated carbocycles. The van der Waals surface area contributed by atoms with E-state index in [0.29, 0.717) is 10.9 Å². The molecule has 0 atom stereocenters. The van der Waals surface area contributed by atoms with E-state index in [1.165, 1.54) is 0 Å². The van der Waals surface area contributed by atoms with E-state index in [4.69, 9.17) is 5.73 Å². The third kappa shape index (κ3) is 1.26. The van der Waals surface area contributed by atoms with E-state index in [0.717, 1.165) is 6.07 Å². The van der Waals surface area contributed by atoms with E-state index in [1.807, 2.05) is 0 Å². The van der Waals surface area contributed by atoms with Crippen LogP contribution in [0.3, 0.4) is 0 Å². The van der Waals surface area contributed by atoms with E-state index in [1.54, 1.807) is 24.3 Å². The van der Waals surface area contributed by atoms with E-state index < -0.39 is 11.6 Å². The summed E-state index contributed by atoms with van der Waals surface area (Å²) in [4.78, 5) is 0. The van der Waals surface area contributed by atoms with Crippen molar-refractivity contribution in [1.82, 2.24) is 0 Å². The Kier molecular flexibility index (Phi) is 2.17. The summed E-state index contributed by atoms with van der Waals surface area (Å²) >= 11 is 0. The number of benzene rings is 2. The van der Waals surface area contributed by atoms with Gasteiger partial charge < -0.3 is 5.73 Å². The van der Waals surface area contributed by atoms with Crippen LogP contribution < -0.4 is 5.73 Å². The molecule has 72 valence electrons. The minimum Gasteiger partial charge on any atom is -0.326 e. The molecule has 0 spiro atoms. The zero-order valence-corrected chi connectivity index (χ0v) is 7.43. The lowest BCUT2D eigenvalue weighted by atomic mass is 10.0. The van der Waals surface area contributed by atoms with Crippen molar-refractivity contribution in [1.29, 1.82) is 0 Å². The number of rotatable bonds is 1. The van der Waals surface area contributed by atoms with Crippen molar-refractivity contribution in [3.63, 3.8) is 0 Å². The second-order valence-electron chi connectivity index (χ2n) is 3.08. The molecule has 2 rings (SSSR count). The van der Waals surface area contributed by atoms with Gasteiger partial charge in [-0.3, -0.25) is 0 Å². The van der Waals surface area contributed by atoms with Gasteiger partial charge in [-0.05, 0) is 17.0 Å². The van der Waals surface area contributed by atoms with E-state index in [9.17, 15) is 8.78 Å². The van der Waals surface area contributed by atoms with Crippen LogP contribution in [0.15, 0.2) is 30.3 Å². The monoisotopic (exact) mass is 193 g/mol. The molecule has 2 aromatic rings. The predicted octanol–water partition coefficient (Wildman–Crippen LogP) is 2.58. The minimum atomic E-state index is -0.835. The van der Waals surface area contributed by atoms with Crippen molar-refractivity contribution in [2.75, 3.05) is 0 Å². The molecule has 0 radical (unpaired) electrons. The van der Waals surface area contributed by atoms with Gasteiger partial charge in [-0.25, -0.2) is 8.78 Å². The van der Waals surface area contributed by atoms with Crippen LogP contribution in [0.4, 0.5) is 8.78 Å². The second-order valence-corrected chi connectivity index (χ2v) is 3.08. The van der Waals surface area contributed by atoms with Crippen LogP contribution in [0.2, 0.25) is 0 Å². The Morgan fingerprint density at radius 1 is 1.07 bits per heavy atom. The van der Waals surface area contributed by atoms with Gasteiger partial charge in [-0.15, -0.1) is 0 Å². The highest BCUT2D eigenvalue weighted by Gasteiger charge is 2.09. The van der Waals surface area contributed by atoms with Crippen molar-refractivity contribution in [2.45, 2.75) is 6.54 Å². The molecule has 0 aliphatic heterocycles. The highest BCUT2D eigenvalue weighted by atomic mass is 19.2. The first-order chi connectivity index (χ1) is 6.74. The summed E-state index contributed by atoms with van der Waals surface area (Å²) in [7, 11) is 0. The fourth-order valence-corrected chi connectivity index (χ4v) is 1.55. The lowest BCUT2D eigenvalue weighted by molar-refractivity contribution is 0.516. The summed E-state index contributed by atoms with van der Waals surface area (Å²) in [5, 5.41) is 0.960. The van der Waals surface area contributed by atoms with Gasteiger partial charge in [0.2, 0.25) is 0 Å². The maximum absolute atomic E-state index is 13.4. The largest absolute Gasteiger partial charge is 0.326 e. The van der Waals surface area contributed by atoms with E-state index in [-0.39, 0.29) is 11.9 Å². The van der Waals surface area contributed by atoms with Gasteiger partial charge in [-0.1, -0.05) is 24.3 Å². The number of nitrogens with two attached hydrogens (primary N) is 1. The Hall–Kier alpha value is -1.48. The first-order valence-corrected chi connectivity index (χ1v) is 4.29. The molecule has 3 heteroatoms. The molecule has 2 aromatic carbocycles. The normalized spacial score (nSPS) is 10.8. The Morgan fingerprint density at radius 3 is 2.57 bits per heavy atom. The van der Waals surface area contributed by atoms with Crippen molar-refractivity contribution in [3.8, 4) is 0 Å². The van der Waals surface area contributed by atoms with E-state index in [2.05, 4.69) is 0 Å². The van der Waals surface area contributed by atoms with Gasteiger partial charge in [0.05, 0.1) is 0 Å². The van der Waals surface area contributed by atoms with Crippen LogP contribution in [-0.2, 0) is 6.54 Å². The molecular weight excluding hydrogens is 184 g/mol. The summed E-state index contributed by atoms with van der Waals surface area (Å²) < 4.78 is 26.4. The highest BCUT2D eigenvalue weighted by Crippen LogP contribution is 2.23. The summed E-state index contributed by atoms with van der Waals surface area (Å²) in [6.07, 6.45) is 0. The Morgan fingerprint density at radius 2 is 1.86 bits per heavy atom. The molecule has 0 aliphatic rings. The first kappa shape index (κ1) is 9.09. The average Bonchev–Trinajstić information content (AvgIpc) is 2.23. The molecule has 0 aromatic heterocycles. The Bertz CT molecular complexity index is 480. The average molecular weight is 193 g/mol. The Balaban J connectivity index is 2.89. The molecule has 0 bridgehead atoms. The van der Waals surface area contributed by atoms with Gasteiger partial charge >= 0.3 is 0 Å². The molecule has 2 N–H and O–H groups in total. The van der Waals surface area contributed by atoms with Crippen molar-refractivity contribution in [3.05, 3.63) is 47.5 Å². The molecule has 0 fully saturated rings. The molecule has 0 unspecified atom stereocenters. The summed E-state index contributed by atoms with van der Waals surface area (Å²) in [6, 6.07) is 7.88. The van der Waals surface area contributed by atoms with Crippen LogP contribution >= 0.6 is 0 Å². The standard InChI is InChI=1S/C11H9F2N/c12-9-5-4-7-2-1-3-8(6-14)10(7)11(9)13/h1-5H,6,14H2. The summed E-state index contributed by atoms with van der Waals surface area (Å²) in [5.41, 5.74) is 6.07. The number of fused-ring (bicyclic) bond motifs is 1. The minimum absolute atomic E-state index is 0.206. The van der Waals surface area contributed by atoms with Crippen molar-refractivity contribution < 1.29 is 8.78 Å². The number of hydrogen-bond donors (Lipinski definition) is 1. The van der Waals surface area contributed by atoms with Crippen molar-refractivity contribution >= 4 is 10.8 Å². The van der Waals surface area contributed by atoms with Crippen LogP contribution in [0.5, 0.6) is 0 Å². The summed E-state index contributed by atoms with van der Waals surface area (Å²) in [5.74, 6) is -1.65. The zero-order chi connectivity index (χ0) is 10.1. The first-order valence-electron chi connectivity index (χ1n) is 4.29. The van der Waals surface area contributed by atoms with Gasteiger partial charge in [0.25, 0.3) is 0 Å². The topological polar surface area (TPSA) is 26.0 Å². The molecule has 0 saturated heterocycles. The van der Waals surface area contributed by atoms with E-state index >= 15 is 0 Å². The molecule has 0 aliphatic carbocycles. The van der Waals surface area contributed by atoms with Crippen LogP contribution in [0.1, 0.15) is 5.56 Å². The molecule has 14 heavy (non-hydrogen) atoms. The molecular formula is C11H9F2N. The third-order valence-corrected chi connectivity index (χ3v) is 2.24. The van der Waals surface area contributed by atoms with Gasteiger partial charge in [-0.2, -0.15) is 0 Å². The Labute approximate surface area is 80.1 Å². The maximum atomic E-state index is 13.4. The molecule has 1 nitrogen and oxygen atoms in total. The van der Waals surface area contributed by atoms with Crippen LogP contribution in [-0.4, -0.2) is 0 Å². The van der Waals surface area contributed by atoms with Crippen molar-refractivity contribution in [2.24, 2.45) is 5.73 Å². The van der Waals surface area contributed by atoms with Crippen LogP contribution in [0.25, 0.3) is 10.8 Å². The zero-order valence-electron chi connectivity index (χ0n) is 7.43. The number of halogens is 2.